The number of carbonyl (C=O) groups is 2. The van der Waals surface area contributed by atoms with E-state index >= 15 is 0 Å². The van der Waals surface area contributed by atoms with Crippen molar-refractivity contribution in [3.63, 3.8) is 0 Å². The number of ether oxygens (including phenoxy) is 1. The molecule has 0 bridgehead atoms. The molecule has 1 N–H and O–H groups in total. The molecule has 5 atom stereocenters. The smallest absolute Gasteiger partial charge is 0.262 e. The van der Waals surface area contributed by atoms with Crippen molar-refractivity contribution < 1.29 is 36.4 Å². The molecule has 0 radical (unpaired) electrons. The van der Waals surface area contributed by atoms with Gasteiger partial charge in [-0.15, -0.1) is 0 Å². The summed E-state index contributed by atoms with van der Waals surface area (Å²) in [6.45, 7) is 15.2. The second kappa shape index (κ2) is 14.2. The molecule has 3 aliphatic carbocycles. The first kappa shape index (κ1) is 32.9. The molecule has 1 saturated heterocycles. The van der Waals surface area contributed by atoms with Crippen LogP contribution in [0, 0.1) is 23.2 Å². The molecule has 5 rings (SSSR count). The molecule has 2 saturated carbocycles. The topological polar surface area (TPSA) is 117 Å². The van der Waals surface area contributed by atoms with E-state index in [-0.39, 0.29) is 17.1 Å². The fourth-order valence-corrected chi connectivity index (χ4v) is 8.63. The number of fused-ring (bicyclic) bond motifs is 5. The van der Waals surface area contributed by atoms with Crippen molar-refractivity contribution in [3.05, 3.63) is 29.3 Å². The quantitative estimate of drug-likeness (QED) is 0.339. The Labute approximate surface area is 252 Å². The molecule has 3 fully saturated rings. The van der Waals surface area contributed by atoms with Crippen molar-refractivity contribution in [3.8, 4) is 5.75 Å². The zero-order chi connectivity index (χ0) is 30.5. The number of quaternary nitrogens is 1. The highest BCUT2D eigenvalue weighted by Gasteiger charge is 2.58. The maximum Gasteiger partial charge on any atom is 0.262 e. The third-order valence-corrected chi connectivity index (χ3v) is 11.0. The van der Waals surface area contributed by atoms with Gasteiger partial charge in [0.15, 0.2) is 0 Å². The fourth-order valence-electron chi connectivity index (χ4n) is 8.29. The zero-order valence-corrected chi connectivity index (χ0v) is 26.7. The molecule has 0 aromatic heterocycles. The van der Waals surface area contributed by atoms with Crippen molar-refractivity contribution in [2.45, 2.75) is 85.0 Å². The monoisotopic (exact) mass is 606 g/mol. The van der Waals surface area contributed by atoms with Crippen LogP contribution in [0.15, 0.2) is 18.2 Å². The number of rotatable bonds is 9. The minimum absolute atomic E-state index is 0.0664. The number of carbonyl (C=O) groups excluding carboxylic acids is 2. The first-order valence-corrected chi connectivity index (χ1v) is 17.3. The Hall–Kier alpha value is -2.01. The fraction of sp³-hybridized carbons (Fsp3) is 0.750. The van der Waals surface area contributed by atoms with Crippen LogP contribution in [0.3, 0.4) is 0 Å². The van der Waals surface area contributed by atoms with Crippen LogP contribution in [0.25, 0.3) is 0 Å². The molecule has 0 spiro atoms. The van der Waals surface area contributed by atoms with Crippen LogP contribution in [0.2, 0.25) is 0 Å². The summed E-state index contributed by atoms with van der Waals surface area (Å²) in [5.74, 6) is 1.94. The normalized spacial score (nSPS) is 28.8. The van der Waals surface area contributed by atoms with E-state index in [4.69, 9.17) is 4.74 Å². The third kappa shape index (κ3) is 7.55. The Morgan fingerprint density at radius 3 is 2.45 bits per heavy atom. The molecule has 1 amide bonds. The highest BCUT2D eigenvalue weighted by molar-refractivity contribution is 7.81. The van der Waals surface area contributed by atoms with Gasteiger partial charge in [0.25, 0.3) is 10.4 Å². The van der Waals surface area contributed by atoms with E-state index in [9.17, 15) is 22.6 Å². The number of hydrogen-bond donors (Lipinski definition) is 1. The number of hydrogen-bond acceptors (Lipinski definition) is 7. The predicted octanol–water partition coefficient (Wildman–Crippen LogP) is 3.14. The lowest BCUT2D eigenvalue weighted by Crippen LogP contribution is -3.11. The number of amides is 1. The van der Waals surface area contributed by atoms with Gasteiger partial charge in [-0.1, -0.05) is 13.0 Å². The molecule has 42 heavy (non-hydrogen) atoms. The molecular weight excluding hydrogens is 556 g/mol. The lowest BCUT2D eigenvalue weighted by Gasteiger charge is -2.50. The highest BCUT2D eigenvalue weighted by atomic mass is 32.3. The van der Waals surface area contributed by atoms with Gasteiger partial charge >= 0.3 is 0 Å². The average molecular weight is 607 g/mol. The minimum atomic E-state index is -4.80. The van der Waals surface area contributed by atoms with E-state index in [0.29, 0.717) is 68.6 Å². The third-order valence-electron chi connectivity index (χ3n) is 10.6. The summed E-state index contributed by atoms with van der Waals surface area (Å²) >= 11 is 0. The SMILES string of the molecule is CC[NH+](CC)CC.C[C@]12CC[C@@H]3c4ccc(OS(=O)(=O)[O-])cc4CC[C@H]3[C@@H]1[C@H](CCCC(=O)N1CCOCC1)CC2=O. The molecule has 9 nitrogen and oxygen atoms in total. The molecule has 0 unspecified atom stereocenters. The van der Waals surface area contributed by atoms with Gasteiger partial charge in [-0.3, -0.25) is 9.59 Å². The predicted molar refractivity (Wildman–Crippen MR) is 159 cm³/mol. The minimum Gasteiger partial charge on any atom is -0.716 e. The van der Waals surface area contributed by atoms with Crippen LogP contribution in [0.5, 0.6) is 5.75 Å². The van der Waals surface area contributed by atoms with Crippen molar-refractivity contribution in [2.75, 3.05) is 45.9 Å². The zero-order valence-electron chi connectivity index (χ0n) is 25.9. The molecule has 1 aromatic rings. The van der Waals surface area contributed by atoms with Crippen LogP contribution in [0.4, 0.5) is 0 Å². The second-order valence-electron chi connectivity index (χ2n) is 12.7. The van der Waals surface area contributed by atoms with Crippen LogP contribution < -0.4 is 9.08 Å². The Morgan fingerprint density at radius 1 is 1.14 bits per heavy atom. The van der Waals surface area contributed by atoms with Crippen LogP contribution in [-0.4, -0.2) is 75.5 Å². The number of nitrogens with one attached hydrogen (secondary N) is 1. The van der Waals surface area contributed by atoms with Crippen LogP contribution in [-0.2, 0) is 31.1 Å². The maximum atomic E-state index is 13.2. The van der Waals surface area contributed by atoms with Gasteiger partial charge < -0.3 is 23.3 Å². The molecular formula is C32H50N2O7S. The van der Waals surface area contributed by atoms with E-state index in [1.165, 1.54) is 25.2 Å². The van der Waals surface area contributed by atoms with Crippen LogP contribution in [0.1, 0.15) is 89.7 Å². The van der Waals surface area contributed by atoms with Crippen LogP contribution >= 0.6 is 0 Å². The average Bonchev–Trinajstić information content (AvgIpc) is 3.23. The Balaban J connectivity index is 0.000000517. The molecule has 1 aromatic carbocycles. The van der Waals surface area contributed by atoms with Gasteiger partial charge in [0.1, 0.15) is 11.5 Å². The molecule has 10 heteroatoms. The van der Waals surface area contributed by atoms with Crippen molar-refractivity contribution >= 4 is 22.1 Å². The number of benzene rings is 1. The number of aryl methyl sites for hydroxylation is 1. The van der Waals surface area contributed by atoms with Gasteiger partial charge in [-0.25, -0.2) is 8.42 Å². The molecule has 4 aliphatic rings. The van der Waals surface area contributed by atoms with E-state index in [2.05, 4.69) is 31.9 Å². The first-order chi connectivity index (χ1) is 20.0. The summed E-state index contributed by atoms with van der Waals surface area (Å²) in [6, 6.07) is 5.16. The summed E-state index contributed by atoms with van der Waals surface area (Å²) in [5.41, 5.74) is 1.93. The maximum absolute atomic E-state index is 13.2. The summed E-state index contributed by atoms with van der Waals surface area (Å²) in [7, 11) is -4.80. The van der Waals surface area contributed by atoms with E-state index < -0.39 is 10.4 Å². The summed E-state index contributed by atoms with van der Waals surface area (Å²) in [4.78, 5) is 29.4. The highest BCUT2D eigenvalue weighted by Crippen LogP contribution is 2.62. The molecule has 1 heterocycles. The second-order valence-corrected chi connectivity index (χ2v) is 13.7. The summed E-state index contributed by atoms with van der Waals surface area (Å²) in [5, 5.41) is 0. The summed E-state index contributed by atoms with van der Waals surface area (Å²) < 4.78 is 42.9. The number of ketones is 1. The lowest BCUT2D eigenvalue weighted by atomic mass is 9.54. The van der Waals surface area contributed by atoms with Gasteiger partial charge in [-0.2, -0.15) is 0 Å². The number of morpholine rings is 1. The summed E-state index contributed by atoms with van der Waals surface area (Å²) in [6.07, 6.45) is 6.32. The van der Waals surface area contributed by atoms with E-state index in [1.807, 2.05) is 11.0 Å². The van der Waals surface area contributed by atoms with Gasteiger partial charge in [-0.05, 0) is 106 Å². The van der Waals surface area contributed by atoms with Gasteiger partial charge in [0, 0.05) is 31.3 Å². The van der Waals surface area contributed by atoms with Crippen molar-refractivity contribution in [2.24, 2.45) is 23.2 Å². The standard InChI is InChI=1S/C26H35NO7S.C6H15N/c1-26-10-9-21-20-8-6-19(34-35(30,31)32)15-17(20)5-7-22(21)25(26)18(16-23(26)28)3-2-4-24(29)27-11-13-33-14-12-27;1-4-7(5-2)6-3/h6,8,15,18,21-22,25H,2-5,7,9-14,16H2,1H3,(H,30,31,32);4-6H2,1-3H3/t18-,21-,22-,25+,26-;/m1./s1. The lowest BCUT2D eigenvalue weighted by molar-refractivity contribution is -0.894. The first-order valence-electron chi connectivity index (χ1n) is 16.0. The van der Waals surface area contributed by atoms with E-state index in [1.54, 1.807) is 17.0 Å². The largest absolute Gasteiger partial charge is 0.716 e. The van der Waals surface area contributed by atoms with Crippen molar-refractivity contribution in [1.29, 1.82) is 0 Å². The number of nitrogens with zero attached hydrogens (tertiary/aromatic N) is 1. The van der Waals surface area contributed by atoms with E-state index in [0.717, 1.165) is 44.1 Å². The van der Waals surface area contributed by atoms with Crippen molar-refractivity contribution in [1.82, 2.24) is 4.90 Å². The molecule has 1 aliphatic heterocycles. The number of Topliss-reactive ketones (excluding diaryl/α,β-unsaturated/α-hetero) is 1. The Kier molecular flexibility index (Phi) is 11.1. The van der Waals surface area contributed by atoms with Gasteiger partial charge in [0.2, 0.25) is 5.91 Å². The Bertz CT molecular complexity index is 1190. The Morgan fingerprint density at radius 2 is 1.83 bits per heavy atom. The van der Waals surface area contributed by atoms with Gasteiger partial charge in [0.05, 0.1) is 32.8 Å². The molecule has 236 valence electrons.